The molecule has 0 saturated heterocycles. The average molecular weight is 251 g/mol. The minimum Gasteiger partial charge on any atom is -0.394 e. The Morgan fingerprint density at radius 2 is 2.22 bits per heavy atom. The molecule has 1 heterocycles. The molecule has 1 amide bonds. The summed E-state index contributed by atoms with van der Waals surface area (Å²) in [5, 5.41) is 12.1. The lowest BCUT2D eigenvalue weighted by Gasteiger charge is -2.35. The van der Waals surface area contributed by atoms with E-state index in [1.54, 1.807) is 12.3 Å². The lowest BCUT2D eigenvalue weighted by molar-refractivity contribution is 0.0951. The van der Waals surface area contributed by atoms with Gasteiger partial charge in [0.2, 0.25) is 0 Å². The number of pyridine rings is 1. The van der Waals surface area contributed by atoms with E-state index < -0.39 is 0 Å². The maximum absolute atomic E-state index is 11.7. The second-order valence-corrected chi connectivity index (χ2v) is 4.79. The largest absolute Gasteiger partial charge is 0.394 e. The Balaban J connectivity index is 2.98. The molecule has 0 aliphatic heterocycles. The Labute approximate surface area is 108 Å². The number of nitrogens with one attached hydrogen (secondary N) is 1. The first-order valence-electron chi connectivity index (χ1n) is 6.01. The first-order chi connectivity index (χ1) is 8.42. The van der Waals surface area contributed by atoms with Crippen molar-refractivity contribution in [1.29, 1.82) is 0 Å². The molecule has 0 aliphatic carbocycles. The standard InChI is InChI=1S/C13H21N3O2/c1-5-14-12(18)11-8-10(6-7-15-11)16(4)13(2,3)9-17/h6-8,17H,5,9H2,1-4H3,(H,14,18). The van der Waals surface area contributed by atoms with Crippen molar-refractivity contribution in [1.82, 2.24) is 10.3 Å². The third-order valence-corrected chi connectivity index (χ3v) is 3.00. The predicted octanol–water partition coefficient (Wildman–Crippen LogP) is 1.04. The molecule has 0 fully saturated rings. The number of aliphatic hydroxyl groups is 1. The van der Waals surface area contributed by atoms with Crippen LogP contribution in [0.1, 0.15) is 31.3 Å². The van der Waals surface area contributed by atoms with E-state index in [0.717, 1.165) is 5.69 Å². The fourth-order valence-corrected chi connectivity index (χ4v) is 1.46. The number of likely N-dealkylation sites (N-methyl/N-ethyl adjacent to an activating group) is 1. The molecule has 0 bridgehead atoms. The number of anilines is 1. The maximum atomic E-state index is 11.7. The Kier molecular flexibility index (Phi) is 4.67. The van der Waals surface area contributed by atoms with Gasteiger partial charge < -0.3 is 15.3 Å². The third-order valence-electron chi connectivity index (χ3n) is 3.00. The molecule has 1 rings (SSSR count). The fourth-order valence-electron chi connectivity index (χ4n) is 1.46. The maximum Gasteiger partial charge on any atom is 0.269 e. The number of carbonyl (C=O) groups is 1. The Morgan fingerprint density at radius 1 is 1.56 bits per heavy atom. The molecule has 0 radical (unpaired) electrons. The highest BCUT2D eigenvalue weighted by atomic mass is 16.3. The SMILES string of the molecule is CCNC(=O)c1cc(N(C)C(C)(C)CO)ccn1. The molecule has 0 atom stereocenters. The number of nitrogens with zero attached hydrogens (tertiary/aromatic N) is 2. The van der Waals surface area contributed by atoms with Gasteiger partial charge in [-0.3, -0.25) is 9.78 Å². The summed E-state index contributed by atoms with van der Waals surface area (Å²) in [6.45, 7) is 6.33. The second-order valence-electron chi connectivity index (χ2n) is 4.79. The molecular weight excluding hydrogens is 230 g/mol. The van der Waals surface area contributed by atoms with Crippen LogP contribution in [-0.2, 0) is 0 Å². The normalized spacial score (nSPS) is 11.2. The van der Waals surface area contributed by atoms with Gasteiger partial charge in [-0.2, -0.15) is 0 Å². The van der Waals surface area contributed by atoms with E-state index >= 15 is 0 Å². The van der Waals surface area contributed by atoms with E-state index in [4.69, 9.17) is 0 Å². The number of rotatable bonds is 5. The molecule has 18 heavy (non-hydrogen) atoms. The Bertz CT molecular complexity index is 418. The molecule has 5 heteroatoms. The quantitative estimate of drug-likeness (QED) is 0.820. The molecule has 5 nitrogen and oxygen atoms in total. The van der Waals surface area contributed by atoms with Gasteiger partial charge in [0.25, 0.3) is 5.91 Å². The van der Waals surface area contributed by atoms with Gasteiger partial charge in [0.1, 0.15) is 5.69 Å². The monoisotopic (exact) mass is 251 g/mol. The summed E-state index contributed by atoms with van der Waals surface area (Å²) in [6.07, 6.45) is 1.60. The van der Waals surface area contributed by atoms with Crippen LogP contribution in [0.3, 0.4) is 0 Å². The highest BCUT2D eigenvalue weighted by molar-refractivity contribution is 5.93. The average Bonchev–Trinajstić information content (AvgIpc) is 2.38. The molecule has 2 N–H and O–H groups in total. The summed E-state index contributed by atoms with van der Waals surface area (Å²) in [6, 6.07) is 3.54. The van der Waals surface area contributed by atoms with Crippen LogP contribution in [-0.4, -0.2) is 41.7 Å². The summed E-state index contributed by atoms with van der Waals surface area (Å²) >= 11 is 0. The van der Waals surface area contributed by atoms with Gasteiger partial charge in [-0.05, 0) is 32.9 Å². The highest BCUT2D eigenvalue weighted by Gasteiger charge is 2.23. The molecule has 1 aromatic rings. The van der Waals surface area contributed by atoms with E-state index in [1.807, 2.05) is 38.8 Å². The molecule has 0 spiro atoms. The molecule has 0 unspecified atom stereocenters. The topological polar surface area (TPSA) is 65.5 Å². The van der Waals surface area contributed by atoms with E-state index in [0.29, 0.717) is 12.2 Å². The van der Waals surface area contributed by atoms with Crippen molar-refractivity contribution < 1.29 is 9.90 Å². The van der Waals surface area contributed by atoms with E-state index in [1.165, 1.54) is 0 Å². The van der Waals surface area contributed by atoms with Crippen molar-refractivity contribution in [2.75, 3.05) is 25.1 Å². The van der Waals surface area contributed by atoms with Crippen LogP contribution < -0.4 is 10.2 Å². The number of amides is 1. The van der Waals surface area contributed by atoms with Crippen molar-refractivity contribution in [3.8, 4) is 0 Å². The molecular formula is C13H21N3O2. The van der Waals surface area contributed by atoms with E-state index in [2.05, 4.69) is 10.3 Å². The zero-order valence-corrected chi connectivity index (χ0v) is 11.4. The number of aliphatic hydroxyl groups excluding tert-OH is 1. The lowest BCUT2D eigenvalue weighted by Crippen LogP contribution is -2.44. The number of hydrogen-bond acceptors (Lipinski definition) is 4. The van der Waals surface area contributed by atoms with Crippen LogP contribution in [0.5, 0.6) is 0 Å². The summed E-state index contributed by atoms with van der Waals surface area (Å²) in [5.74, 6) is -0.186. The fraction of sp³-hybridized carbons (Fsp3) is 0.538. The summed E-state index contributed by atoms with van der Waals surface area (Å²) in [5.41, 5.74) is 0.847. The van der Waals surface area contributed by atoms with Gasteiger partial charge in [0.05, 0.1) is 12.1 Å². The molecule has 0 aliphatic rings. The highest BCUT2D eigenvalue weighted by Crippen LogP contribution is 2.21. The third kappa shape index (κ3) is 3.20. The van der Waals surface area contributed by atoms with Crippen molar-refractivity contribution >= 4 is 11.6 Å². The molecule has 100 valence electrons. The van der Waals surface area contributed by atoms with Gasteiger partial charge in [-0.15, -0.1) is 0 Å². The molecule has 0 saturated carbocycles. The van der Waals surface area contributed by atoms with Crippen LogP contribution in [0.4, 0.5) is 5.69 Å². The molecule has 0 aromatic carbocycles. The summed E-state index contributed by atoms with van der Waals surface area (Å²) in [4.78, 5) is 17.7. The minimum absolute atomic E-state index is 0.0301. The van der Waals surface area contributed by atoms with Crippen molar-refractivity contribution in [2.45, 2.75) is 26.3 Å². The van der Waals surface area contributed by atoms with E-state index in [-0.39, 0.29) is 18.1 Å². The second kappa shape index (κ2) is 5.82. The number of hydrogen-bond donors (Lipinski definition) is 2. The van der Waals surface area contributed by atoms with E-state index in [9.17, 15) is 9.90 Å². The van der Waals surface area contributed by atoms with Crippen molar-refractivity contribution in [3.63, 3.8) is 0 Å². The van der Waals surface area contributed by atoms with Gasteiger partial charge >= 0.3 is 0 Å². The lowest BCUT2D eigenvalue weighted by atomic mass is 10.0. The number of aromatic nitrogens is 1. The van der Waals surface area contributed by atoms with Gasteiger partial charge in [0.15, 0.2) is 0 Å². The van der Waals surface area contributed by atoms with Crippen LogP contribution >= 0.6 is 0 Å². The Hall–Kier alpha value is -1.62. The zero-order chi connectivity index (χ0) is 13.8. The van der Waals surface area contributed by atoms with Crippen LogP contribution in [0.15, 0.2) is 18.3 Å². The van der Waals surface area contributed by atoms with Gasteiger partial charge in [0, 0.05) is 25.5 Å². The predicted molar refractivity (Wildman–Crippen MR) is 71.8 cm³/mol. The zero-order valence-electron chi connectivity index (χ0n) is 11.4. The molecule has 1 aromatic heterocycles. The van der Waals surface area contributed by atoms with Crippen molar-refractivity contribution in [3.05, 3.63) is 24.0 Å². The van der Waals surface area contributed by atoms with Crippen molar-refractivity contribution in [2.24, 2.45) is 0 Å². The van der Waals surface area contributed by atoms with Crippen LogP contribution in [0.2, 0.25) is 0 Å². The minimum atomic E-state index is -0.389. The summed E-state index contributed by atoms with van der Waals surface area (Å²) in [7, 11) is 1.88. The number of carbonyl (C=O) groups excluding carboxylic acids is 1. The Morgan fingerprint density at radius 3 is 2.78 bits per heavy atom. The first kappa shape index (κ1) is 14.4. The first-order valence-corrected chi connectivity index (χ1v) is 6.01. The van der Waals surface area contributed by atoms with Crippen LogP contribution in [0, 0.1) is 0 Å². The van der Waals surface area contributed by atoms with Gasteiger partial charge in [-0.1, -0.05) is 0 Å². The smallest absolute Gasteiger partial charge is 0.269 e. The summed E-state index contributed by atoms with van der Waals surface area (Å²) < 4.78 is 0. The van der Waals surface area contributed by atoms with Crippen LogP contribution in [0.25, 0.3) is 0 Å². The van der Waals surface area contributed by atoms with Gasteiger partial charge in [-0.25, -0.2) is 0 Å².